The van der Waals surface area contributed by atoms with E-state index in [2.05, 4.69) is 18.2 Å². The van der Waals surface area contributed by atoms with Crippen LogP contribution in [0.5, 0.6) is 0 Å². The van der Waals surface area contributed by atoms with Crippen LogP contribution in [0.25, 0.3) is 0 Å². The lowest BCUT2D eigenvalue weighted by molar-refractivity contribution is 0.835. The standard InChI is InChI=1S/C10H11N/c11-10-7-3-5-8-4-1-2-6-9(8)10/h1-2,4,6,11H,3,5,7H2. The molecule has 1 aliphatic rings. The molecule has 1 nitrogen and oxygen atoms in total. The number of rotatable bonds is 0. The summed E-state index contributed by atoms with van der Waals surface area (Å²) < 4.78 is 0. The van der Waals surface area contributed by atoms with Gasteiger partial charge in [-0.25, -0.2) is 0 Å². The summed E-state index contributed by atoms with van der Waals surface area (Å²) in [4.78, 5) is 0. The van der Waals surface area contributed by atoms with Crippen LogP contribution >= 0.6 is 0 Å². The van der Waals surface area contributed by atoms with Crippen LogP contribution in [0.2, 0.25) is 0 Å². The van der Waals surface area contributed by atoms with E-state index < -0.39 is 0 Å². The molecule has 0 bridgehead atoms. The first-order valence-electron chi connectivity index (χ1n) is 4.03. The van der Waals surface area contributed by atoms with Crippen molar-refractivity contribution >= 4 is 5.71 Å². The van der Waals surface area contributed by atoms with Crippen LogP contribution in [0.15, 0.2) is 24.3 Å². The molecule has 0 atom stereocenters. The maximum Gasteiger partial charge on any atom is 0.0389 e. The van der Waals surface area contributed by atoms with E-state index >= 15 is 0 Å². The maximum absolute atomic E-state index is 7.67. The third-order valence-electron chi connectivity index (χ3n) is 2.22. The molecule has 0 fully saturated rings. The molecule has 1 N–H and O–H groups in total. The van der Waals surface area contributed by atoms with Crippen molar-refractivity contribution in [1.29, 1.82) is 5.41 Å². The molecule has 0 amide bonds. The Hall–Kier alpha value is -1.11. The molecule has 0 spiro atoms. The summed E-state index contributed by atoms with van der Waals surface area (Å²) in [6.07, 6.45) is 3.26. The lowest BCUT2D eigenvalue weighted by Crippen LogP contribution is -2.09. The van der Waals surface area contributed by atoms with Crippen LogP contribution in [0, 0.1) is 5.41 Å². The van der Waals surface area contributed by atoms with Crippen molar-refractivity contribution in [2.45, 2.75) is 19.3 Å². The topological polar surface area (TPSA) is 23.9 Å². The Labute approximate surface area is 66.6 Å². The first kappa shape index (κ1) is 6.59. The molecule has 0 saturated heterocycles. The normalized spacial score (nSPS) is 16.2. The zero-order chi connectivity index (χ0) is 7.68. The third-order valence-corrected chi connectivity index (χ3v) is 2.22. The van der Waals surface area contributed by atoms with Crippen molar-refractivity contribution in [3.63, 3.8) is 0 Å². The van der Waals surface area contributed by atoms with Crippen LogP contribution in [0.1, 0.15) is 24.0 Å². The molecule has 0 radical (unpaired) electrons. The monoisotopic (exact) mass is 145 g/mol. The van der Waals surface area contributed by atoms with Crippen molar-refractivity contribution < 1.29 is 0 Å². The Morgan fingerprint density at radius 2 is 1.91 bits per heavy atom. The quantitative estimate of drug-likeness (QED) is 0.579. The van der Waals surface area contributed by atoms with Gasteiger partial charge in [0.25, 0.3) is 0 Å². The van der Waals surface area contributed by atoms with E-state index in [1.54, 1.807) is 0 Å². The summed E-state index contributed by atoms with van der Waals surface area (Å²) in [7, 11) is 0. The Kier molecular flexibility index (Phi) is 1.50. The number of hydrogen-bond donors (Lipinski definition) is 1. The van der Waals surface area contributed by atoms with Gasteiger partial charge in [-0.2, -0.15) is 0 Å². The molecule has 11 heavy (non-hydrogen) atoms. The van der Waals surface area contributed by atoms with Gasteiger partial charge in [0.2, 0.25) is 0 Å². The second kappa shape index (κ2) is 2.50. The van der Waals surface area contributed by atoms with Gasteiger partial charge in [-0.3, -0.25) is 0 Å². The summed E-state index contributed by atoms with van der Waals surface area (Å²) >= 11 is 0. The summed E-state index contributed by atoms with van der Waals surface area (Å²) in [5.41, 5.74) is 3.33. The lowest BCUT2D eigenvalue weighted by atomic mass is 9.90. The molecule has 1 aromatic carbocycles. The van der Waals surface area contributed by atoms with Crippen LogP contribution in [-0.4, -0.2) is 5.71 Å². The summed E-state index contributed by atoms with van der Waals surface area (Å²) in [6, 6.07) is 8.25. The highest BCUT2D eigenvalue weighted by Gasteiger charge is 2.11. The van der Waals surface area contributed by atoms with Crippen LogP contribution < -0.4 is 0 Å². The minimum atomic E-state index is 0.812. The molecule has 1 heteroatoms. The molecular weight excluding hydrogens is 134 g/mol. The van der Waals surface area contributed by atoms with E-state index in [9.17, 15) is 0 Å². The molecule has 0 heterocycles. The van der Waals surface area contributed by atoms with Gasteiger partial charge in [0.1, 0.15) is 0 Å². The highest BCUT2D eigenvalue weighted by molar-refractivity contribution is 6.00. The molecule has 0 aliphatic heterocycles. The Balaban J connectivity index is 2.52. The fraction of sp³-hybridized carbons (Fsp3) is 0.300. The molecule has 1 aliphatic carbocycles. The summed E-state index contributed by atoms with van der Waals surface area (Å²) in [5.74, 6) is 0. The molecule has 0 aromatic heterocycles. The van der Waals surface area contributed by atoms with Gasteiger partial charge in [-0.1, -0.05) is 24.3 Å². The molecule has 0 unspecified atom stereocenters. The van der Waals surface area contributed by atoms with Gasteiger partial charge in [-0.05, 0) is 30.4 Å². The highest BCUT2D eigenvalue weighted by Crippen LogP contribution is 2.19. The number of hydrogen-bond acceptors (Lipinski definition) is 1. The van der Waals surface area contributed by atoms with E-state index in [-0.39, 0.29) is 0 Å². The summed E-state index contributed by atoms with van der Waals surface area (Å²) in [5, 5.41) is 7.67. The Morgan fingerprint density at radius 3 is 2.73 bits per heavy atom. The largest absolute Gasteiger partial charge is 0.305 e. The van der Waals surface area contributed by atoms with Gasteiger partial charge in [0, 0.05) is 5.71 Å². The lowest BCUT2D eigenvalue weighted by Gasteiger charge is -2.15. The summed E-state index contributed by atoms with van der Waals surface area (Å²) in [6.45, 7) is 0. The average Bonchev–Trinajstić information content (AvgIpc) is 2.06. The molecular formula is C10H11N. The van der Waals surface area contributed by atoms with Crippen molar-refractivity contribution in [3.05, 3.63) is 35.4 Å². The van der Waals surface area contributed by atoms with Gasteiger partial charge >= 0.3 is 0 Å². The van der Waals surface area contributed by atoms with E-state index in [1.807, 2.05) is 6.07 Å². The number of fused-ring (bicyclic) bond motifs is 1. The van der Waals surface area contributed by atoms with Crippen molar-refractivity contribution in [1.82, 2.24) is 0 Å². The van der Waals surface area contributed by atoms with Gasteiger partial charge in [0.05, 0.1) is 0 Å². The first-order valence-corrected chi connectivity index (χ1v) is 4.03. The van der Waals surface area contributed by atoms with Gasteiger partial charge in [-0.15, -0.1) is 0 Å². The average molecular weight is 145 g/mol. The number of benzene rings is 1. The van der Waals surface area contributed by atoms with E-state index in [0.29, 0.717) is 0 Å². The van der Waals surface area contributed by atoms with E-state index in [0.717, 1.165) is 25.0 Å². The highest BCUT2D eigenvalue weighted by atomic mass is 14.4. The number of nitrogens with one attached hydrogen (secondary N) is 1. The molecule has 0 saturated carbocycles. The fourth-order valence-corrected chi connectivity index (χ4v) is 1.62. The zero-order valence-electron chi connectivity index (χ0n) is 6.43. The predicted octanol–water partition coefficient (Wildman–Crippen LogP) is 2.39. The van der Waals surface area contributed by atoms with Crippen molar-refractivity contribution in [3.8, 4) is 0 Å². The van der Waals surface area contributed by atoms with Crippen molar-refractivity contribution in [2.24, 2.45) is 0 Å². The van der Waals surface area contributed by atoms with Crippen LogP contribution in [0.4, 0.5) is 0 Å². The number of aryl methyl sites for hydroxylation is 1. The Morgan fingerprint density at radius 1 is 1.09 bits per heavy atom. The van der Waals surface area contributed by atoms with Gasteiger partial charge < -0.3 is 5.41 Å². The van der Waals surface area contributed by atoms with E-state index in [1.165, 1.54) is 11.1 Å². The second-order valence-electron chi connectivity index (χ2n) is 2.99. The third kappa shape index (κ3) is 1.07. The minimum Gasteiger partial charge on any atom is -0.305 e. The molecule has 2 rings (SSSR count). The molecule has 56 valence electrons. The van der Waals surface area contributed by atoms with Crippen LogP contribution in [-0.2, 0) is 6.42 Å². The fourth-order valence-electron chi connectivity index (χ4n) is 1.62. The zero-order valence-corrected chi connectivity index (χ0v) is 6.43. The molecule has 1 aromatic rings. The minimum absolute atomic E-state index is 0.812. The van der Waals surface area contributed by atoms with Crippen LogP contribution in [0.3, 0.4) is 0 Å². The SMILES string of the molecule is N=C1CCCc2ccccc21. The van der Waals surface area contributed by atoms with E-state index in [4.69, 9.17) is 5.41 Å². The first-order chi connectivity index (χ1) is 5.38. The van der Waals surface area contributed by atoms with Crippen molar-refractivity contribution in [2.75, 3.05) is 0 Å². The maximum atomic E-state index is 7.67. The smallest absolute Gasteiger partial charge is 0.0389 e. The Bertz CT molecular complexity index is 289. The second-order valence-corrected chi connectivity index (χ2v) is 2.99. The predicted molar refractivity (Wildman–Crippen MR) is 46.2 cm³/mol. The van der Waals surface area contributed by atoms with Gasteiger partial charge in [0.15, 0.2) is 0 Å².